The van der Waals surface area contributed by atoms with E-state index in [1.165, 1.54) is 180 Å². The molecular weight excluding hydrogens is 985 g/mol. The van der Waals surface area contributed by atoms with E-state index in [9.17, 15) is 14.4 Å². The highest BCUT2D eigenvalue weighted by atomic mass is 16.6. The van der Waals surface area contributed by atoms with Crippen molar-refractivity contribution in [3.05, 3.63) is 109 Å². The van der Waals surface area contributed by atoms with Crippen molar-refractivity contribution in [3.8, 4) is 0 Å². The summed E-state index contributed by atoms with van der Waals surface area (Å²) in [6.07, 6.45) is 92.7. The van der Waals surface area contributed by atoms with Gasteiger partial charge in [-0.05, 0) is 116 Å². The number of rotatable bonds is 61. The Balaban J connectivity index is 4.33. The molecule has 0 amide bonds. The smallest absolute Gasteiger partial charge is 0.306 e. The monoisotopic (exact) mass is 1110 g/mol. The van der Waals surface area contributed by atoms with E-state index in [1.54, 1.807) is 0 Å². The van der Waals surface area contributed by atoms with Crippen LogP contribution in [0.25, 0.3) is 0 Å². The molecule has 0 bridgehead atoms. The van der Waals surface area contributed by atoms with Crippen LogP contribution in [0.15, 0.2) is 109 Å². The van der Waals surface area contributed by atoms with Gasteiger partial charge in [-0.3, -0.25) is 14.4 Å². The van der Waals surface area contributed by atoms with Crippen LogP contribution in [0.5, 0.6) is 0 Å². The zero-order valence-electron chi connectivity index (χ0n) is 52.6. The van der Waals surface area contributed by atoms with Gasteiger partial charge in [0.2, 0.25) is 0 Å². The molecule has 80 heavy (non-hydrogen) atoms. The molecule has 0 N–H and O–H groups in total. The van der Waals surface area contributed by atoms with Gasteiger partial charge >= 0.3 is 17.9 Å². The fourth-order valence-corrected chi connectivity index (χ4v) is 9.44. The van der Waals surface area contributed by atoms with Crippen LogP contribution in [0.3, 0.4) is 0 Å². The number of ether oxygens (including phenoxy) is 3. The van der Waals surface area contributed by atoms with Crippen molar-refractivity contribution >= 4 is 17.9 Å². The van der Waals surface area contributed by atoms with Gasteiger partial charge < -0.3 is 14.2 Å². The minimum absolute atomic E-state index is 0.110. The first-order valence-corrected chi connectivity index (χ1v) is 33.9. The Morgan fingerprint density at radius 2 is 0.512 bits per heavy atom. The van der Waals surface area contributed by atoms with Crippen molar-refractivity contribution in [3.63, 3.8) is 0 Å². The Labute approximate surface area is 495 Å². The normalized spacial score (nSPS) is 12.8. The van der Waals surface area contributed by atoms with Gasteiger partial charge in [0.25, 0.3) is 0 Å². The molecule has 0 fully saturated rings. The molecule has 0 aromatic rings. The molecule has 0 aromatic carbocycles. The van der Waals surface area contributed by atoms with Gasteiger partial charge in [0, 0.05) is 19.3 Å². The van der Waals surface area contributed by atoms with E-state index in [2.05, 4.69) is 124 Å². The van der Waals surface area contributed by atoms with Gasteiger partial charge in [-0.25, -0.2) is 0 Å². The van der Waals surface area contributed by atoms with Gasteiger partial charge in [0.15, 0.2) is 6.10 Å². The predicted molar refractivity (Wildman–Crippen MR) is 348 cm³/mol. The Bertz CT molecular complexity index is 1610. The van der Waals surface area contributed by atoms with Crippen LogP contribution in [0.2, 0.25) is 0 Å². The lowest BCUT2D eigenvalue weighted by Gasteiger charge is -2.18. The van der Waals surface area contributed by atoms with Crippen molar-refractivity contribution in [2.45, 2.75) is 329 Å². The summed E-state index contributed by atoms with van der Waals surface area (Å²) in [5.41, 5.74) is 0. The number of hydrogen-bond acceptors (Lipinski definition) is 6. The van der Waals surface area contributed by atoms with E-state index in [-0.39, 0.29) is 31.6 Å². The molecule has 458 valence electrons. The molecule has 1 unspecified atom stereocenters. The molecular formula is C74H126O6. The Morgan fingerprint density at radius 3 is 0.825 bits per heavy atom. The van der Waals surface area contributed by atoms with Gasteiger partial charge in [-0.1, -0.05) is 297 Å². The second-order valence-corrected chi connectivity index (χ2v) is 22.3. The Kier molecular flexibility index (Phi) is 64.3. The fraction of sp³-hybridized carbons (Fsp3) is 0.716. The summed E-state index contributed by atoms with van der Waals surface area (Å²) in [6, 6.07) is 0. The third-order valence-corrected chi connectivity index (χ3v) is 14.5. The molecule has 0 saturated carbocycles. The predicted octanol–water partition coefficient (Wildman–Crippen LogP) is 23.4. The second-order valence-electron chi connectivity index (χ2n) is 22.3. The van der Waals surface area contributed by atoms with Gasteiger partial charge in [0.05, 0.1) is 0 Å². The van der Waals surface area contributed by atoms with Crippen LogP contribution >= 0.6 is 0 Å². The number of esters is 3. The van der Waals surface area contributed by atoms with Crippen molar-refractivity contribution in [2.75, 3.05) is 13.2 Å². The SMILES string of the molecule is CC/C=C\C/C=C\C/C=C\C/C=C\C/C=C\C/C=C\CCC(=O)OC(COC(=O)CCCCCCC/C=C\CCCCCCC)COC(=O)CCCCCCCCCCCCCCCCCCC/C=C\C/C=C\CCCCCCC. The van der Waals surface area contributed by atoms with Crippen LogP contribution < -0.4 is 0 Å². The van der Waals surface area contributed by atoms with Crippen molar-refractivity contribution < 1.29 is 28.6 Å². The average molecular weight is 1110 g/mol. The van der Waals surface area contributed by atoms with E-state index in [0.717, 1.165) is 96.3 Å². The fourth-order valence-electron chi connectivity index (χ4n) is 9.44. The maximum atomic E-state index is 12.9. The highest BCUT2D eigenvalue weighted by Gasteiger charge is 2.19. The van der Waals surface area contributed by atoms with Crippen molar-refractivity contribution in [2.24, 2.45) is 0 Å². The summed E-state index contributed by atoms with van der Waals surface area (Å²) in [7, 11) is 0. The van der Waals surface area contributed by atoms with Gasteiger partial charge in [-0.2, -0.15) is 0 Å². The van der Waals surface area contributed by atoms with E-state index in [1.807, 2.05) is 6.08 Å². The van der Waals surface area contributed by atoms with Crippen LogP contribution in [0.1, 0.15) is 323 Å². The third kappa shape index (κ3) is 64.9. The number of carbonyl (C=O) groups is 3. The number of unbranched alkanes of at least 4 members (excludes halogenated alkanes) is 32. The number of hydrogen-bond donors (Lipinski definition) is 0. The molecule has 0 rings (SSSR count). The van der Waals surface area contributed by atoms with Crippen LogP contribution in [0, 0.1) is 0 Å². The largest absolute Gasteiger partial charge is 0.462 e. The highest BCUT2D eigenvalue weighted by Crippen LogP contribution is 2.16. The average Bonchev–Trinajstić information content (AvgIpc) is 3.46. The van der Waals surface area contributed by atoms with Crippen molar-refractivity contribution in [1.29, 1.82) is 0 Å². The first-order valence-electron chi connectivity index (χ1n) is 33.9. The van der Waals surface area contributed by atoms with E-state index < -0.39 is 12.1 Å². The molecule has 0 aliphatic rings. The minimum Gasteiger partial charge on any atom is -0.462 e. The summed E-state index contributed by atoms with van der Waals surface area (Å²) in [6.45, 7) is 6.46. The standard InChI is InChI=1S/C74H126O6/c1-4-7-10-13-16-19-22-25-28-30-32-33-34-35-36-37-38-39-40-41-43-44-46-49-52-55-58-61-64-67-73(76)79-70-71(69-78-72(75)66-63-60-57-54-51-48-27-24-21-18-15-12-9-6-3)80-74(77)68-65-62-59-56-53-50-47-45-42-31-29-26-23-20-17-14-11-8-5-2/h8,11,17,20,22,24-27,29-30,32,42,45,50,53,59,62,71H,4-7,9-10,12-16,18-19,21,23,28,31,33-41,43-44,46-49,51-52,54-58,60-61,63-70H2,1-3H3/b11-8-,20-17-,25-22-,27-24-,29-26-,32-30-,45-42-,53-50-,62-59-. The third-order valence-electron chi connectivity index (χ3n) is 14.5. The molecule has 0 spiro atoms. The quantitative estimate of drug-likeness (QED) is 0.0261. The molecule has 0 aromatic heterocycles. The van der Waals surface area contributed by atoms with Gasteiger partial charge in [0.1, 0.15) is 13.2 Å². The first-order chi connectivity index (χ1) is 39.5. The molecule has 0 radical (unpaired) electrons. The van der Waals surface area contributed by atoms with E-state index >= 15 is 0 Å². The van der Waals surface area contributed by atoms with Crippen molar-refractivity contribution in [1.82, 2.24) is 0 Å². The first kappa shape index (κ1) is 76.1. The lowest BCUT2D eigenvalue weighted by Crippen LogP contribution is -2.30. The maximum Gasteiger partial charge on any atom is 0.306 e. The zero-order valence-corrected chi connectivity index (χ0v) is 52.6. The molecule has 0 saturated heterocycles. The van der Waals surface area contributed by atoms with E-state index in [0.29, 0.717) is 19.3 Å². The lowest BCUT2D eigenvalue weighted by molar-refractivity contribution is -0.166. The maximum absolute atomic E-state index is 12.9. The molecule has 0 heterocycles. The summed E-state index contributed by atoms with van der Waals surface area (Å²) in [5.74, 6) is -0.994. The van der Waals surface area contributed by atoms with Crippen LogP contribution in [-0.2, 0) is 28.6 Å². The lowest BCUT2D eigenvalue weighted by atomic mass is 10.0. The summed E-state index contributed by atoms with van der Waals surface area (Å²) in [4.78, 5) is 38.3. The van der Waals surface area contributed by atoms with E-state index in [4.69, 9.17) is 14.2 Å². The number of allylic oxidation sites excluding steroid dienone is 18. The highest BCUT2D eigenvalue weighted by molar-refractivity contribution is 5.71. The molecule has 0 aliphatic carbocycles. The molecule has 6 nitrogen and oxygen atoms in total. The van der Waals surface area contributed by atoms with Crippen LogP contribution in [-0.4, -0.2) is 37.2 Å². The zero-order chi connectivity index (χ0) is 57.8. The van der Waals surface area contributed by atoms with Gasteiger partial charge in [-0.15, -0.1) is 0 Å². The topological polar surface area (TPSA) is 78.9 Å². The summed E-state index contributed by atoms with van der Waals surface area (Å²) >= 11 is 0. The molecule has 0 aliphatic heterocycles. The number of carbonyl (C=O) groups excluding carboxylic acids is 3. The Morgan fingerprint density at radius 1 is 0.263 bits per heavy atom. The minimum atomic E-state index is -0.824. The molecule has 6 heteroatoms. The summed E-state index contributed by atoms with van der Waals surface area (Å²) in [5, 5.41) is 0. The summed E-state index contributed by atoms with van der Waals surface area (Å²) < 4.78 is 16.9. The second kappa shape index (κ2) is 67.6. The molecule has 1 atom stereocenters. The van der Waals surface area contributed by atoms with Crippen LogP contribution in [0.4, 0.5) is 0 Å². The Hall–Kier alpha value is -3.93.